The van der Waals surface area contributed by atoms with Gasteiger partial charge in [-0.15, -0.1) is 0 Å². The van der Waals surface area contributed by atoms with Crippen LogP contribution in [0, 0.1) is 0 Å². The zero-order valence-electron chi connectivity index (χ0n) is 13.6. The van der Waals surface area contributed by atoms with Crippen molar-refractivity contribution < 1.29 is 14.4 Å². The molecule has 1 fully saturated rings. The van der Waals surface area contributed by atoms with Gasteiger partial charge in [0.1, 0.15) is 5.56 Å². The molecule has 0 radical (unpaired) electrons. The maximum atomic E-state index is 12.4. The molecule has 2 heterocycles. The Morgan fingerprint density at radius 1 is 1.12 bits per heavy atom. The van der Waals surface area contributed by atoms with E-state index < -0.39 is 17.4 Å². The first kappa shape index (κ1) is 17.7. The van der Waals surface area contributed by atoms with E-state index in [9.17, 15) is 19.2 Å². The van der Waals surface area contributed by atoms with Gasteiger partial charge in [-0.2, -0.15) is 0 Å². The first-order chi connectivity index (χ1) is 12.6. The van der Waals surface area contributed by atoms with Crippen LogP contribution >= 0.6 is 11.8 Å². The summed E-state index contributed by atoms with van der Waals surface area (Å²) < 4.78 is 0. The van der Waals surface area contributed by atoms with Crippen LogP contribution in [0.3, 0.4) is 0 Å². The number of hydrogen-bond acceptors (Lipinski definition) is 5. The highest BCUT2D eigenvalue weighted by molar-refractivity contribution is 8.18. The quantitative estimate of drug-likeness (QED) is 0.784. The molecule has 1 aliphatic rings. The maximum Gasteiger partial charge on any atom is 0.293 e. The molecular weight excluding hydrogens is 354 g/mol. The van der Waals surface area contributed by atoms with Gasteiger partial charge in [-0.3, -0.25) is 24.1 Å². The fourth-order valence-electron chi connectivity index (χ4n) is 2.37. The Morgan fingerprint density at radius 2 is 1.88 bits per heavy atom. The second kappa shape index (κ2) is 7.83. The molecule has 26 heavy (non-hydrogen) atoms. The average molecular weight is 369 g/mol. The summed E-state index contributed by atoms with van der Waals surface area (Å²) in [4.78, 5) is 51.8. The fraction of sp³-hybridized carbons (Fsp3) is 0.111. The monoisotopic (exact) mass is 369 g/mol. The molecule has 0 atom stereocenters. The summed E-state index contributed by atoms with van der Waals surface area (Å²) in [6, 6.07) is 12.2. The molecule has 0 saturated carbocycles. The Morgan fingerprint density at radius 3 is 2.62 bits per heavy atom. The summed E-state index contributed by atoms with van der Waals surface area (Å²) in [7, 11) is 0. The average Bonchev–Trinajstić information content (AvgIpc) is 2.90. The number of thioether (sulfide) groups is 1. The van der Waals surface area contributed by atoms with Crippen molar-refractivity contribution in [2.45, 2.75) is 0 Å². The molecule has 0 unspecified atom stereocenters. The van der Waals surface area contributed by atoms with Crippen LogP contribution in [0.4, 0.5) is 4.79 Å². The third-order valence-corrected chi connectivity index (χ3v) is 4.56. The lowest BCUT2D eigenvalue weighted by Gasteiger charge is -2.12. The summed E-state index contributed by atoms with van der Waals surface area (Å²) in [5, 5.41) is 2.15. The summed E-state index contributed by atoms with van der Waals surface area (Å²) in [5.74, 6) is -0.950. The standard InChI is InChI=1S/C18H15N3O4S/c22-15-13(7-4-8-19-15)16(23)20-9-10-21-17(24)14(26-18(21)25)11-12-5-2-1-3-6-12/h1-8,11H,9-10H2,(H,19,22)(H,20,23)/b14-11+. The van der Waals surface area contributed by atoms with Gasteiger partial charge in [0.05, 0.1) is 4.91 Å². The largest absolute Gasteiger partial charge is 0.350 e. The molecule has 1 aromatic heterocycles. The number of imide groups is 1. The van der Waals surface area contributed by atoms with Gasteiger partial charge in [-0.05, 0) is 35.5 Å². The fourth-order valence-corrected chi connectivity index (χ4v) is 3.24. The van der Waals surface area contributed by atoms with Crippen molar-refractivity contribution in [3.05, 3.63) is 75.0 Å². The summed E-state index contributed by atoms with van der Waals surface area (Å²) in [6.07, 6.45) is 3.09. The van der Waals surface area contributed by atoms with E-state index in [2.05, 4.69) is 10.3 Å². The number of aromatic amines is 1. The molecule has 132 valence electrons. The van der Waals surface area contributed by atoms with Crippen molar-refractivity contribution in [2.24, 2.45) is 0 Å². The van der Waals surface area contributed by atoms with Crippen molar-refractivity contribution in [2.75, 3.05) is 13.1 Å². The predicted molar refractivity (Wildman–Crippen MR) is 98.5 cm³/mol. The Balaban J connectivity index is 1.60. The summed E-state index contributed by atoms with van der Waals surface area (Å²) in [6.45, 7) is 0.0943. The smallest absolute Gasteiger partial charge is 0.293 e. The highest BCUT2D eigenvalue weighted by Gasteiger charge is 2.34. The number of H-pyrrole nitrogens is 1. The van der Waals surface area contributed by atoms with E-state index in [1.807, 2.05) is 30.3 Å². The number of pyridine rings is 1. The van der Waals surface area contributed by atoms with Gasteiger partial charge in [-0.25, -0.2) is 0 Å². The van der Waals surface area contributed by atoms with E-state index in [0.717, 1.165) is 22.2 Å². The molecule has 3 amide bonds. The number of aromatic nitrogens is 1. The van der Waals surface area contributed by atoms with E-state index >= 15 is 0 Å². The van der Waals surface area contributed by atoms with Crippen molar-refractivity contribution in [1.29, 1.82) is 0 Å². The number of hydrogen-bond donors (Lipinski definition) is 2. The third kappa shape index (κ3) is 3.92. The molecule has 0 spiro atoms. The van der Waals surface area contributed by atoms with Crippen LogP contribution in [0.2, 0.25) is 0 Å². The van der Waals surface area contributed by atoms with Gasteiger partial charge in [0, 0.05) is 19.3 Å². The summed E-state index contributed by atoms with van der Waals surface area (Å²) in [5.41, 5.74) is 0.308. The Labute approximate surface area is 153 Å². The molecule has 7 nitrogen and oxygen atoms in total. The Hall–Kier alpha value is -3.13. The number of benzene rings is 1. The van der Waals surface area contributed by atoms with E-state index in [4.69, 9.17) is 0 Å². The molecule has 3 rings (SSSR count). The number of amides is 3. The van der Waals surface area contributed by atoms with Crippen LogP contribution in [0.25, 0.3) is 6.08 Å². The lowest BCUT2D eigenvalue weighted by atomic mass is 10.2. The minimum Gasteiger partial charge on any atom is -0.350 e. The van der Waals surface area contributed by atoms with Crippen LogP contribution in [0.15, 0.2) is 58.4 Å². The molecule has 2 N–H and O–H groups in total. The normalized spacial score (nSPS) is 15.5. The van der Waals surface area contributed by atoms with Crippen molar-refractivity contribution in [3.8, 4) is 0 Å². The minimum absolute atomic E-state index is 0.0226. The molecule has 0 aliphatic carbocycles. The maximum absolute atomic E-state index is 12.4. The van der Waals surface area contributed by atoms with Crippen LogP contribution in [0.1, 0.15) is 15.9 Å². The van der Waals surface area contributed by atoms with Gasteiger partial charge < -0.3 is 10.3 Å². The van der Waals surface area contributed by atoms with E-state index in [-0.39, 0.29) is 23.9 Å². The van der Waals surface area contributed by atoms with E-state index in [1.54, 1.807) is 12.1 Å². The Bertz CT molecular complexity index is 937. The first-order valence-electron chi connectivity index (χ1n) is 7.82. The second-order valence-electron chi connectivity index (χ2n) is 5.41. The van der Waals surface area contributed by atoms with Crippen LogP contribution in [0.5, 0.6) is 0 Å². The highest BCUT2D eigenvalue weighted by Crippen LogP contribution is 2.31. The third-order valence-electron chi connectivity index (χ3n) is 3.65. The zero-order chi connectivity index (χ0) is 18.5. The van der Waals surface area contributed by atoms with E-state index in [1.165, 1.54) is 12.3 Å². The highest BCUT2D eigenvalue weighted by atomic mass is 32.2. The van der Waals surface area contributed by atoms with Crippen LogP contribution in [-0.4, -0.2) is 40.0 Å². The molecule has 2 aromatic rings. The number of rotatable bonds is 5. The van der Waals surface area contributed by atoms with Crippen molar-refractivity contribution in [1.82, 2.24) is 15.2 Å². The van der Waals surface area contributed by atoms with Gasteiger partial charge in [-0.1, -0.05) is 30.3 Å². The predicted octanol–water partition coefficient (Wildman–Crippen LogP) is 1.84. The number of nitrogens with one attached hydrogen (secondary N) is 2. The topological polar surface area (TPSA) is 99.3 Å². The number of nitrogens with zero attached hydrogens (tertiary/aromatic N) is 1. The van der Waals surface area contributed by atoms with Crippen LogP contribution in [-0.2, 0) is 4.79 Å². The lowest BCUT2D eigenvalue weighted by Crippen LogP contribution is -2.38. The molecule has 1 aromatic carbocycles. The summed E-state index contributed by atoms with van der Waals surface area (Å²) >= 11 is 0.865. The zero-order valence-corrected chi connectivity index (χ0v) is 14.4. The van der Waals surface area contributed by atoms with Gasteiger partial charge in [0.25, 0.3) is 22.6 Å². The van der Waals surface area contributed by atoms with Gasteiger partial charge in [0.2, 0.25) is 0 Å². The van der Waals surface area contributed by atoms with Gasteiger partial charge >= 0.3 is 0 Å². The molecule has 1 aliphatic heterocycles. The van der Waals surface area contributed by atoms with Crippen molar-refractivity contribution in [3.63, 3.8) is 0 Å². The molecule has 1 saturated heterocycles. The number of carbonyl (C=O) groups excluding carboxylic acids is 3. The molecule has 0 bridgehead atoms. The molecule has 8 heteroatoms. The molecular formula is C18H15N3O4S. The van der Waals surface area contributed by atoms with E-state index in [0.29, 0.717) is 4.91 Å². The van der Waals surface area contributed by atoms with Crippen molar-refractivity contribution >= 4 is 34.9 Å². The van der Waals surface area contributed by atoms with Gasteiger partial charge in [0.15, 0.2) is 0 Å². The Kier molecular flexibility index (Phi) is 5.33. The lowest BCUT2D eigenvalue weighted by molar-refractivity contribution is -0.122. The first-order valence-corrected chi connectivity index (χ1v) is 8.64. The second-order valence-corrected chi connectivity index (χ2v) is 6.41. The van der Waals surface area contributed by atoms with Crippen LogP contribution < -0.4 is 10.9 Å². The number of carbonyl (C=O) groups is 3. The SMILES string of the molecule is O=C(NCCN1C(=O)S/C(=C/c2ccccc2)C1=O)c1ccc[nH]c1=O. The minimum atomic E-state index is -0.557.